The number of aromatic nitrogens is 4. The van der Waals surface area contributed by atoms with E-state index in [2.05, 4.69) is 15.3 Å². The van der Waals surface area contributed by atoms with E-state index in [0.29, 0.717) is 24.7 Å². The first-order chi connectivity index (χ1) is 14.2. The van der Waals surface area contributed by atoms with Crippen molar-refractivity contribution < 1.29 is 9.90 Å². The third-order valence-electron chi connectivity index (χ3n) is 6.17. The summed E-state index contributed by atoms with van der Waals surface area (Å²) in [6, 6.07) is 7.70. The first-order valence-corrected chi connectivity index (χ1v) is 10.9. The van der Waals surface area contributed by atoms with Crippen LogP contribution in [0.2, 0.25) is 0 Å². The summed E-state index contributed by atoms with van der Waals surface area (Å²) in [5.41, 5.74) is 1.67. The molecule has 0 unspecified atom stereocenters. The fourth-order valence-electron chi connectivity index (χ4n) is 4.65. The van der Waals surface area contributed by atoms with Gasteiger partial charge in [0.1, 0.15) is 5.69 Å². The van der Waals surface area contributed by atoms with Gasteiger partial charge in [-0.25, -0.2) is 4.68 Å². The molecule has 1 aliphatic carbocycles. The van der Waals surface area contributed by atoms with E-state index in [1.54, 1.807) is 28.4 Å². The predicted octanol–water partition coefficient (Wildman–Crippen LogP) is 2.41. The van der Waals surface area contributed by atoms with Crippen LogP contribution in [0.25, 0.3) is 11.3 Å². The molecule has 0 spiro atoms. The van der Waals surface area contributed by atoms with Crippen molar-refractivity contribution in [1.29, 1.82) is 0 Å². The lowest BCUT2D eigenvalue weighted by Crippen LogP contribution is -2.36. The van der Waals surface area contributed by atoms with Crippen molar-refractivity contribution in [2.75, 3.05) is 13.1 Å². The second-order valence-corrected chi connectivity index (χ2v) is 9.04. The lowest BCUT2D eigenvalue weighted by Gasteiger charge is -2.34. The van der Waals surface area contributed by atoms with Crippen LogP contribution in [0.15, 0.2) is 48.2 Å². The monoisotopic (exact) mass is 409 g/mol. The van der Waals surface area contributed by atoms with Crippen LogP contribution in [-0.2, 0) is 11.2 Å². The van der Waals surface area contributed by atoms with Crippen LogP contribution in [0.3, 0.4) is 0 Å². The highest BCUT2D eigenvalue weighted by molar-refractivity contribution is 7.10. The highest BCUT2D eigenvalue weighted by atomic mass is 32.1. The zero-order chi connectivity index (χ0) is 19.8. The molecule has 2 aliphatic rings. The molecule has 1 amide bonds. The smallest absolute Gasteiger partial charge is 0.227 e. The maximum absolute atomic E-state index is 12.7. The number of aliphatic hydroxyl groups is 1. The largest absolute Gasteiger partial charge is 0.391 e. The summed E-state index contributed by atoms with van der Waals surface area (Å²) in [6.07, 6.45) is 6.87. The van der Waals surface area contributed by atoms with Crippen molar-refractivity contribution in [2.45, 2.75) is 31.4 Å². The molecule has 29 heavy (non-hydrogen) atoms. The minimum atomic E-state index is -0.480. The number of carbonyl (C=O) groups excluding carboxylic acids is 1. The van der Waals surface area contributed by atoms with Gasteiger partial charge in [0, 0.05) is 35.9 Å². The minimum Gasteiger partial charge on any atom is -0.391 e. The Bertz CT molecular complexity index is 974. The van der Waals surface area contributed by atoms with E-state index in [1.165, 1.54) is 0 Å². The van der Waals surface area contributed by atoms with Crippen molar-refractivity contribution in [3.8, 4) is 11.3 Å². The van der Waals surface area contributed by atoms with Gasteiger partial charge in [-0.2, -0.15) is 0 Å². The Morgan fingerprint density at radius 3 is 2.83 bits per heavy atom. The first kappa shape index (κ1) is 18.4. The zero-order valence-electron chi connectivity index (χ0n) is 16.0. The maximum atomic E-state index is 12.7. The molecule has 8 heteroatoms. The molecule has 4 heterocycles. The molecule has 5 rings (SSSR count). The summed E-state index contributed by atoms with van der Waals surface area (Å²) in [5, 5.41) is 21.3. The number of likely N-dealkylation sites (tertiary alicyclic amines) is 1. The number of thiophene rings is 1. The molecule has 1 saturated heterocycles. The summed E-state index contributed by atoms with van der Waals surface area (Å²) in [5.74, 6) is 0.934. The summed E-state index contributed by atoms with van der Waals surface area (Å²) < 4.78 is 1.79. The Labute approximate surface area is 173 Å². The summed E-state index contributed by atoms with van der Waals surface area (Å²) >= 11 is 1.62. The number of amides is 1. The van der Waals surface area contributed by atoms with Crippen molar-refractivity contribution in [1.82, 2.24) is 24.9 Å². The molecule has 2 fully saturated rings. The number of aliphatic hydroxyl groups excluding tert-OH is 1. The van der Waals surface area contributed by atoms with Gasteiger partial charge in [-0.05, 0) is 48.3 Å². The van der Waals surface area contributed by atoms with Crippen LogP contribution in [0.4, 0.5) is 0 Å². The molecule has 3 aromatic rings. The average Bonchev–Trinajstić information content (AvgIpc) is 3.48. The number of rotatable bonds is 4. The number of hydrogen-bond acceptors (Lipinski definition) is 6. The van der Waals surface area contributed by atoms with Crippen LogP contribution < -0.4 is 0 Å². The topological polar surface area (TPSA) is 84.1 Å². The van der Waals surface area contributed by atoms with Gasteiger partial charge >= 0.3 is 0 Å². The fraction of sp³-hybridized carbons (Fsp3) is 0.429. The lowest BCUT2D eigenvalue weighted by atomic mass is 9.77. The molecule has 0 aromatic carbocycles. The second kappa shape index (κ2) is 7.68. The molecule has 0 bridgehead atoms. The molecule has 7 nitrogen and oxygen atoms in total. The van der Waals surface area contributed by atoms with E-state index in [1.807, 2.05) is 40.7 Å². The van der Waals surface area contributed by atoms with Gasteiger partial charge in [0.15, 0.2) is 0 Å². The fourth-order valence-corrected chi connectivity index (χ4v) is 5.35. The second-order valence-electron chi connectivity index (χ2n) is 8.01. The summed E-state index contributed by atoms with van der Waals surface area (Å²) in [4.78, 5) is 19.9. The van der Waals surface area contributed by atoms with Gasteiger partial charge < -0.3 is 10.0 Å². The van der Waals surface area contributed by atoms with Crippen molar-refractivity contribution in [3.05, 3.63) is 53.1 Å². The molecular formula is C21H23N5O2S. The molecule has 1 aliphatic heterocycles. The van der Waals surface area contributed by atoms with Gasteiger partial charge in [-0.3, -0.25) is 9.78 Å². The van der Waals surface area contributed by atoms with Crippen molar-refractivity contribution >= 4 is 17.2 Å². The van der Waals surface area contributed by atoms with E-state index < -0.39 is 6.10 Å². The SMILES string of the molecule is O=C(Cc1cccs1)N1C[C@H]2C[C@@H](n3cc(-c4cccnc4)nn3)[C@H](O)C[C@H]2C1. The standard InChI is InChI=1S/C21H23N5O2S/c27-20-8-16-12-25(21(28)9-17-4-2-6-29-17)11-15(16)7-19(20)26-13-18(23-24-26)14-3-1-5-22-10-14/h1-6,10,13,15-16,19-20,27H,7-9,11-12H2/t15-,16+,19-,20-/m1/s1. The normalized spacial score (nSPS) is 26.4. The quantitative estimate of drug-likeness (QED) is 0.715. The molecule has 1 N–H and O–H groups in total. The van der Waals surface area contributed by atoms with Crippen LogP contribution in [0.1, 0.15) is 23.8 Å². The highest BCUT2D eigenvalue weighted by Crippen LogP contribution is 2.41. The molecule has 0 radical (unpaired) electrons. The van der Waals surface area contributed by atoms with Crippen molar-refractivity contribution in [3.63, 3.8) is 0 Å². The average molecular weight is 410 g/mol. The highest BCUT2D eigenvalue weighted by Gasteiger charge is 2.43. The van der Waals surface area contributed by atoms with Gasteiger partial charge in [0.05, 0.1) is 24.8 Å². The van der Waals surface area contributed by atoms with E-state index in [-0.39, 0.29) is 11.9 Å². The van der Waals surface area contributed by atoms with Gasteiger partial charge in [0.25, 0.3) is 0 Å². The van der Waals surface area contributed by atoms with Gasteiger partial charge in [-0.1, -0.05) is 11.3 Å². The van der Waals surface area contributed by atoms with E-state index in [9.17, 15) is 9.90 Å². The first-order valence-electron chi connectivity index (χ1n) is 9.98. The summed E-state index contributed by atoms with van der Waals surface area (Å²) in [7, 11) is 0. The Kier molecular flexibility index (Phi) is 4.89. The van der Waals surface area contributed by atoms with Crippen LogP contribution in [-0.4, -0.2) is 55.1 Å². The third kappa shape index (κ3) is 3.70. The van der Waals surface area contributed by atoms with Gasteiger partial charge in [-0.15, -0.1) is 16.4 Å². The van der Waals surface area contributed by atoms with E-state index in [4.69, 9.17) is 0 Å². The maximum Gasteiger partial charge on any atom is 0.227 e. The Morgan fingerprint density at radius 1 is 1.21 bits per heavy atom. The molecule has 4 atom stereocenters. The lowest BCUT2D eigenvalue weighted by molar-refractivity contribution is -0.129. The van der Waals surface area contributed by atoms with Crippen LogP contribution in [0, 0.1) is 11.8 Å². The van der Waals surface area contributed by atoms with Gasteiger partial charge in [0.2, 0.25) is 5.91 Å². The Morgan fingerprint density at radius 2 is 2.07 bits per heavy atom. The van der Waals surface area contributed by atoms with Crippen LogP contribution >= 0.6 is 11.3 Å². The predicted molar refractivity (Wildman–Crippen MR) is 109 cm³/mol. The molecular weight excluding hydrogens is 386 g/mol. The number of fused-ring (bicyclic) bond motifs is 1. The van der Waals surface area contributed by atoms with Crippen molar-refractivity contribution in [2.24, 2.45) is 11.8 Å². The number of nitrogens with zero attached hydrogens (tertiary/aromatic N) is 5. The van der Waals surface area contributed by atoms with Crippen LogP contribution in [0.5, 0.6) is 0 Å². The Hall–Kier alpha value is -2.58. The third-order valence-corrected chi connectivity index (χ3v) is 7.05. The minimum absolute atomic E-state index is 0.110. The summed E-state index contributed by atoms with van der Waals surface area (Å²) in [6.45, 7) is 1.51. The number of hydrogen-bond donors (Lipinski definition) is 1. The Balaban J connectivity index is 1.27. The number of carbonyl (C=O) groups is 1. The molecule has 1 saturated carbocycles. The van der Waals surface area contributed by atoms with E-state index in [0.717, 1.165) is 35.6 Å². The van der Waals surface area contributed by atoms with E-state index >= 15 is 0 Å². The molecule has 3 aromatic heterocycles. The number of pyridine rings is 1. The zero-order valence-corrected chi connectivity index (χ0v) is 16.8. The molecule has 150 valence electrons.